The minimum absolute atomic E-state index is 0.128. The first-order valence-electron chi connectivity index (χ1n) is 5.42. The van der Waals surface area contributed by atoms with Crippen LogP contribution in [0.4, 0.5) is 11.6 Å². The molecule has 0 amide bonds. The highest BCUT2D eigenvalue weighted by Crippen LogP contribution is 2.31. The molecule has 0 bridgehead atoms. The SMILES string of the molecule is CNc1nc(N2CCS(=O)(=O)CC2)c(Cl)cc1Cl. The fourth-order valence-corrected chi connectivity index (χ4v) is 3.55. The Balaban J connectivity index is 2.29. The Hall–Kier alpha value is -0.720. The fourth-order valence-electron chi connectivity index (χ4n) is 1.78. The van der Waals surface area contributed by atoms with Crippen LogP contribution >= 0.6 is 23.2 Å². The number of rotatable bonds is 2. The standard InChI is InChI=1S/C10H13Cl2N3O2S/c1-13-9-7(11)6-8(12)10(14-9)15-2-4-18(16,17)5-3-15/h6H,2-5H2,1H3,(H,13,14). The molecule has 0 aliphatic carbocycles. The van der Waals surface area contributed by atoms with E-state index in [9.17, 15) is 8.42 Å². The van der Waals surface area contributed by atoms with Crippen molar-refractivity contribution in [3.8, 4) is 0 Å². The van der Waals surface area contributed by atoms with Crippen LogP contribution in [0, 0.1) is 0 Å². The van der Waals surface area contributed by atoms with Crippen LogP contribution in [-0.4, -0.2) is 45.0 Å². The lowest BCUT2D eigenvalue weighted by atomic mass is 10.4. The Morgan fingerprint density at radius 2 is 1.89 bits per heavy atom. The molecule has 0 spiro atoms. The molecule has 1 fully saturated rings. The molecule has 18 heavy (non-hydrogen) atoms. The summed E-state index contributed by atoms with van der Waals surface area (Å²) in [7, 11) is -1.20. The third-order valence-electron chi connectivity index (χ3n) is 2.79. The van der Waals surface area contributed by atoms with Gasteiger partial charge < -0.3 is 10.2 Å². The maximum atomic E-state index is 11.4. The zero-order chi connectivity index (χ0) is 13.3. The molecule has 0 atom stereocenters. The fraction of sp³-hybridized carbons (Fsp3) is 0.500. The summed E-state index contributed by atoms with van der Waals surface area (Å²) >= 11 is 12.1. The first kappa shape index (κ1) is 13.7. The zero-order valence-electron chi connectivity index (χ0n) is 9.78. The maximum Gasteiger partial charge on any atom is 0.153 e. The van der Waals surface area contributed by atoms with Crippen molar-refractivity contribution in [1.29, 1.82) is 0 Å². The van der Waals surface area contributed by atoms with Crippen molar-refractivity contribution < 1.29 is 8.42 Å². The highest BCUT2D eigenvalue weighted by atomic mass is 35.5. The average Bonchev–Trinajstić information content (AvgIpc) is 2.30. The molecule has 1 aliphatic heterocycles. The maximum absolute atomic E-state index is 11.4. The van der Waals surface area contributed by atoms with Gasteiger partial charge in [-0.3, -0.25) is 0 Å². The van der Waals surface area contributed by atoms with Gasteiger partial charge in [-0.2, -0.15) is 0 Å². The predicted molar refractivity (Wildman–Crippen MR) is 74.7 cm³/mol. The molecule has 5 nitrogen and oxygen atoms in total. The van der Waals surface area contributed by atoms with Crippen LogP contribution < -0.4 is 10.2 Å². The van der Waals surface area contributed by atoms with Gasteiger partial charge in [0.15, 0.2) is 9.84 Å². The minimum atomic E-state index is -2.91. The molecule has 100 valence electrons. The number of nitrogens with zero attached hydrogens (tertiary/aromatic N) is 2. The Bertz CT molecular complexity index is 548. The van der Waals surface area contributed by atoms with Gasteiger partial charge in [0.25, 0.3) is 0 Å². The molecular weight excluding hydrogens is 297 g/mol. The van der Waals surface area contributed by atoms with Gasteiger partial charge in [0.1, 0.15) is 11.6 Å². The van der Waals surface area contributed by atoms with Gasteiger partial charge in [0.05, 0.1) is 21.6 Å². The van der Waals surface area contributed by atoms with E-state index in [0.29, 0.717) is 34.8 Å². The summed E-state index contributed by atoms with van der Waals surface area (Å²) < 4.78 is 22.8. The number of sulfone groups is 1. The molecule has 2 heterocycles. The highest BCUT2D eigenvalue weighted by molar-refractivity contribution is 7.91. The zero-order valence-corrected chi connectivity index (χ0v) is 12.1. The number of hydrogen-bond acceptors (Lipinski definition) is 5. The van der Waals surface area contributed by atoms with Crippen molar-refractivity contribution in [3.05, 3.63) is 16.1 Å². The Morgan fingerprint density at radius 3 is 2.44 bits per heavy atom. The second-order valence-corrected chi connectivity index (χ2v) is 7.13. The summed E-state index contributed by atoms with van der Waals surface area (Å²) in [6, 6.07) is 1.61. The molecule has 1 aromatic heterocycles. The number of nitrogens with one attached hydrogen (secondary N) is 1. The number of pyridine rings is 1. The van der Waals surface area contributed by atoms with Crippen molar-refractivity contribution in [1.82, 2.24) is 4.98 Å². The van der Waals surface area contributed by atoms with Crippen molar-refractivity contribution in [2.75, 3.05) is 41.9 Å². The van der Waals surface area contributed by atoms with Gasteiger partial charge >= 0.3 is 0 Å². The summed E-state index contributed by atoms with van der Waals surface area (Å²) in [5, 5.41) is 3.74. The second kappa shape index (κ2) is 5.11. The normalized spacial score (nSPS) is 18.7. The molecule has 1 aliphatic rings. The van der Waals surface area contributed by atoms with E-state index in [2.05, 4.69) is 10.3 Å². The molecule has 0 saturated carbocycles. The van der Waals surface area contributed by atoms with E-state index >= 15 is 0 Å². The van der Waals surface area contributed by atoms with Crippen molar-refractivity contribution in [2.24, 2.45) is 0 Å². The average molecular weight is 310 g/mol. The molecule has 1 N–H and O–H groups in total. The van der Waals surface area contributed by atoms with Gasteiger partial charge in [-0.25, -0.2) is 13.4 Å². The van der Waals surface area contributed by atoms with Crippen LogP contribution in [0.3, 0.4) is 0 Å². The van der Waals surface area contributed by atoms with Crippen LogP contribution in [-0.2, 0) is 9.84 Å². The first-order valence-corrected chi connectivity index (χ1v) is 8.00. The predicted octanol–water partition coefficient (Wildman–Crippen LogP) is 1.66. The minimum Gasteiger partial charge on any atom is -0.372 e. The Kier molecular flexibility index (Phi) is 3.89. The first-order chi connectivity index (χ1) is 8.43. The van der Waals surface area contributed by atoms with E-state index in [0.717, 1.165) is 0 Å². The van der Waals surface area contributed by atoms with Gasteiger partial charge in [-0.15, -0.1) is 0 Å². The number of aromatic nitrogens is 1. The van der Waals surface area contributed by atoms with Crippen molar-refractivity contribution >= 4 is 44.7 Å². The van der Waals surface area contributed by atoms with Crippen molar-refractivity contribution in [2.45, 2.75) is 0 Å². The van der Waals surface area contributed by atoms with E-state index < -0.39 is 9.84 Å². The molecule has 1 aromatic rings. The Morgan fingerprint density at radius 1 is 1.28 bits per heavy atom. The summed E-state index contributed by atoms with van der Waals surface area (Å²) in [4.78, 5) is 6.18. The van der Waals surface area contributed by atoms with Crippen LogP contribution in [0.15, 0.2) is 6.07 Å². The molecule has 2 rings (SSSR count). The lowest BCUT2D eigenvalue weighted by Gasteiger charge is -2.28. The van der Waals surface area contributed by atoms with E-state index in [1.807, 2.05) is 4.90 Å². The number of hydrogen-bond donors (Lipinski definition) is 1. The van der Waals surface area contributed by atoms with E-state index in [1.165, 1.54) is 0 Å². The number of halogens is 2. The summed E-state index contributed by atoms with van der Waals surface area (Å²) in [5.41, 5.74) is 0. The summed E-state index contributed by atoms with van der Waals surface area (Å²) in [5.74, 6) is 1.36. The smallest absolute Gasteiger partial charge is 0.153 e. The lowest BCUT2D eigenvalue weighted by molar-refractivity contribution is 0.586. The quantitative estimate of drug-likeness (QED) is 0.900. The van der Waals surface area contributed by atoms with Crippen LogP contribution in [0.2, 0.25) is 10.0 Å². The van der Waals surface area contributed by atoms with Gasteiger partial charge in [0, 0.05) is 20.1 Å². The number of anilines is 2. The molecule has 1 saturated heterocycles. The molecule has 0 radical (unpaired) electrons. The monoisotopic (exact) mass is 309 g/mol. The molecule has 0 aromatic carbocycles. The molecular formula is C10H13Cl2N3O2S. The third-order valence-corrected chi connectivity index (χ3v) is 4.97. The van der Waals surface area contributed by atoms with E-state index in [1.54, 1.807) is 13.1 Å². The van der Waals surface area contributed by atoms with Crippen molar-refractivity contribution in [3.63, 3.8) is 0 Å². The Labute approximate surface area is 116 Å². The van der Waals surface area contributed by atoms with Crippen LogP contribution in [0.1, 0.15) is 0 Å². The van der Waals surface area contributed by atoms with Gasteiger partial charge in [0.2, 0.25) is 0 Å². The second-order valence-electron chi connectivity index (χ2n) is 4.01. The topological polar surface area (TPSA) is 62.3 Å². The summed E-state index contributed by atoms with van der Waals surface area (Å²) in [6.45, 7) is 0.805. The largest absolute Gasteiger partial charge is 0.372 e. The summed E-state index contributed by atoms with van der Waals surface area (Å²) in [6.07, 6.45) is 0. The van der Waals surface area contributed by atoms with Gasteiger partial charge in [-0.1, -0.05) is 23.2 Å². The third kappa shape index (κ3) is 2.81. The lowest BCUT2D eigenvalue weighted by Crippen LogP contribution is -2.40. The van der Waals surface area contributed by atoms with E-state index in [4.69, 9.17) is 23.2 Å². The highest BCUT2D eigenvalue weighted by Gasteiger charge is 2.24. The van der Waals surface area contributed by atoms with Gasteiger partial charge in [-0.05, 0) is 6.07 Å². The van der Waals surface area contributed by atoms with Crippen LogP contribution in [0.5, 0.6) is 0 Å². The van der Waals surface area contributed by atoms with E-state index in [-0.39, 0.29) is 11.5 Å². The van der Waals surface area contributed by atoms with Crippen LogP contribution in [0.25, 0.3) is 0 Å². The molecule has 0 unspecified atom stereocenters. The molecule has 8 heteroatoms.